The second-order valence-electron chi connectivity index (χ2n) is 7.58. The molecule has 3 aliphatic heterocycles. The number of nitrogens with zero attached hydrogens (tertiary/aromatic N) is 3. The summed E-state index contributed by atoms with van der Waals surface area (Å²) >= 11 is 6.26. The zero-order valence-electron chi connectivity index (χ0n) is 14.9. The van der Waals surface area contributed by atoms with Crippen LogP contribution in [0.25, 0.3) is 0 Å². The molecule has 2 aromatic carbocycles. The minimum atomic E-state index is -0.252. The molecule has 0 bridgehead atoms. The predicted molar refractivity (Wildman–Crippen MR) is 105 cm³/mol. The van der Waals surface area contributed by atoms with E-state index in [9.17, 15) is 4.79 Å². The van der Waals surface area contributed by atoms with E-state index in [2.05, 4.69) is 41.1 Å². The first kappa shape index (κ1) is 16.0. The molecule has 0 N–H and O–H groups in total. The van der Waals surface area contributed by atoms with E-state index in [0.717, 1.165) is 55.7 Å². The summed E-state index contributed by atoms with van der Waals surface area (Å²) in [4.78, 5) is 16.0. The third kappa shape index (κ3) is 2.11. The van der Waals surface area contributed by atoms with Gasteiger partial charge >= 0.3 is 0 Å². The molecule has 0 radical (unpaired) electrons. The van der Waals surface area contributed by atoms with Gasteiger partial charge in [0.15, 0.2) is 0 Å². The first-order valence-electron chi connectivity index (χ1n) is 9.36. The van der Waals surface area contributed by atoms with Gasteiger partial charge in [0.2, 0.25) is 0 Å². The van der Waals surface area contributed by atoms with Gasteiger partial charge in [0.25, 0.3) is 5.91 Å². The number of hydrazine groups is 1. The molecular weight excluding hydrogens is 346 g/mol. The summed E-state index contributed by atoms with van der Waals surface area (Å²) in [5.74, 6) is 0.0927. The Morgan fingerprint density at radius 2 is 1.73 bits per heavy atom. The largest absolute Gasteiger partial charge is 0.346 e. The van der Waals surface area contributed by atoms with E-state index in [4.69, 9.17) is 11.6 Å². The molecule has 1 atom stereocenters. The highest BCUT2D eigenvalue weighted by atomic mass is 35.5. The van der Waals surface area contributed by atoms with E-state index in [1.54, 1.807) is 0 Å². The van der Waals surface area contributed by atoms with Crippen LogP contribution in [-0.4, -0.2) is 29.7 Å². The Morgan fingerprint density at radius 1 is 1.00 bits per heavy atom. The van der Waals surface area contributed by atoms with E-state index in [0.29, 0.717) is 5.02 Å². The fraction of sp³-hybridized carbons (Fsp3) is 0.381. The number of anilines is 2. The van der Waals surface area contributed by atoms with Crippen LogP contribution in [-0.2, 0) is 0 Å². The molecule has 26 heavy (non-hydrogen) atoms. The standard InChI is InChI=1S/C21H22ClN3O/c1-15-4-7-17(8-5-15)24-13-3-11-21-10-2-12-23(21)19-14-16(22)6-9-18(19)20(26)25(21)24/h4-9,14H,2-3,10-13H2,1H3. The Kier molecular flexibility index (Phi) is 3.48. The summed E-state index contributed by atoms with van der Waals surface area (Å²) in [5, 5.41) is 4.93. The number of hydrogen-bond acceptors (Lipinski definition) is 3. The number of benzene rings is 2. The van der Waals surface area contributed by atoms with E-state index in [1.165, 1.54) is 5.56 Å². The third-order valence-corrected chi connectivity index (χ3v) is 6.28. The molecule has 1 spiro atoms. The Morgan fingerprint density at radius 3 is 2.50 bits per heavy atom. The number of rotatable bonds is 1. The molecule has 5 heteroatoms. The van der Waals surface area contributed by atoms with Gasteiger partial charge in [-0.25, -0.2) is 5.01 Å². The number of fused-ring (bicyclic) bond motifs is 2. The lowest BCUT2D eigenvalue weighted by Gasteiger charge is -2.58. The Labute approximate surface area is 158 Å². The van der Waals surface area contributed by atoms with Crippen molar-refractivity contribution in [1.29, 1.82) is 0 Å². The molecule has 2 saturated heterocycles. The third-order valence-electron chi connectivity index (χ3n) is 6.05. The average Bonchev–Trinajstić information content (AvgIpc) is 3.05. The highest BCUT2D eigenvalue weighted by Crippen LogP contribution is 2.49. The number of carbonyl (C=O) groups is 1. The first-order chi connectivity index (χ1) is 12.6. The quantitative estimate of drug-likeness (QED) is 0.736. The molecule has 0 aromatic heterocycles. The van der Waals surface area contributed by atoms with Crippen LogP contribution < -0.4 is 9.91 Å². The van der Waals surface area contributed by atoms with Gasteiger partial charge in [-0.05, 0) is 62.9 Å². The Bertz CT molecular complexity index is 881. The number of carbonyl (C=O) groups excluding carboxylic acids is 1. The molecule has 2 aromatic rings. The Hall–Kier alpha value is -2.20. The second kappa shape index (κ2) is 5.65. The van der Waals surface area contributed by atoms with Gasteiger partial charge in [-0.3, -0.25) is 9.80 Å². The molecule has 0 saturated carbocycles. The fourth-order valence-electron chi connectivity index (χ4n) is 4.91. The van der Waals surface area contributed by atoms with E-state index in [-0.39, 0.29) is 11.6 Å². The van der Waals surface area contributed by atoms with E-state index >= 15 is 0 Å². The maximum Gasteiger partial charge on any atom is 0.276 e. The molecule has 0 aliphatic carbocycles. The molecule has 3 heterocycles. The average molecular weight is 368 g/mol. The first-order valence-corrected chi connectivity index (χ1v) is 9.74. The summed E-state index contributed by atoms with van der Waals surface area (Å²) in [6, 6.07) is 14.1. The van der Waals surface area contributed by atoms with Gasteiger partial charge < -0.3 is 4.90 Å². The van der Waals surface area contributed by atoms with Crippen LogP contribution in [0.5, 0.6) is 0 Å². The SMILES string of the molecule is Cc1ccc(N2CCCC34CCCN3c3cc(Cl)ccc3C(=O)N24)cc1. The maximum atomic E-state index is 13.6. The van der Waals surface area contributed by atoms with E-state index < -0.39 is 0 Å². The normalized spacial score (nSPS) is 24.4. The van der Waals surface area contributed by atoms with Crippen LogP contribution in [0, 0.1) is 6.92 Å². The monoisotopic (exact) mass is 367 g/mol. The molecule has 5 rings (SSSR count). The van der Waals surface area contributed by atoms with Gasteiger partial charge in [0, 0.05) is 18.1 Å². The van der Waals surface area contributed by atoms with E-state index in [1.807, 2.05) is 23.2 Å². The molecule has 1 unspecified atom stereocenters. The summed E-state index contributed by atoms with van der Waals surface area (Å²) in [6.07, 6.45) is 4.18. The molecule has 134 valence electrons. The zero-order chi connectivity index (χ0) is 17.9. The van der Waals surface area contributed by atoms with Crippen molar-refractivity contribution in [3.8, 4) is 0 Å². The lowest BCUT2D eigenvalue weighted by molar-refractivity contribution is 0.0263. The van der Waals surface area contributed by atoms with Crippen LogP contribution in [0.3, 0.4) is 0 Å². The van der Waals surface area contributed by atoms with Gasteiger partial charge in [-0.15, -0.1) is 0 Å². The smallest absolute Gasteiger partial charge is 0.276 e. The van der Waals surface area contributed by atoms with Gasteiger partial charge in [0.05, 0.1) is 16.9 Å². The number of halogens is 1. The molecule has 2 fully saturated rings. The minimum Gasteiger partial charge on any atom is -0.346 e. The predicted octanol–water partition coefficient (Wildman–Crippen LogP) is 4.62. The lowest BCUT2D eigenvalue weighted by Crippen LogP contribution is -2.70. The Balaban J connectivity index is 1.67. The number of hydrogen-bond donors (Lipinski definition) is 0. The topological polar surface area (TPSA) is 26.8 Å². The van der Waals surface area contributed by atoms with Gasteiger partial charge in [-0.2, -0.15) is 0 Å². The van der Waals surface area contributed by atoms with Crippen molar-refractivity contribution in [2.24, 2.45) is 0 Å². The molecule has 1 amide bonds. The van der Waals surface area contributed by atoms with Crippen LogP contribution in [0.2, 0.25) is 5.02 Å². The van der Waals surface area contributed by atoms with Crippen LogP contribution in [0.4, 0.5) is 11.4 Å². The van der Waals surface area contributed by atoms with Crippen LogP contribution in [0.15, 0.2) is 42.5 Å². The highest BCUT2D eigenvalue weighted by molar-refractivity contribution is 6.31. The highest BCUT2D eigenvalue weighted by Gasteiger charge is 2.56. The number of aryl methyl sites for hydroxylation is 1. The van der Waals surface area contributed by atoms with Crippen molar-refractivity contribution in [3.63, 3.8) is 0 Å². The van der Waals surface area contributed by atoms with Crippen molar-refractivity contribution >= 4 is 28.9 Å². The van der Waals surface area contributed by atoms with Crippen molar-refractivity contribution in [2.45, 2.75) is 38.3 Å². The summed E-state index contributed by atoms with van der Waals surface area (Å²) in [7, 11) is 0. The number of amides is 1. The molecule has 4 nitrogen and oxygen atoms in total. The summed E-state index contributed by atoms with van der Waals surface area (Å²) in [5.41, 5.74) is 3.82. The fourth-order valence-corrected chi connectivity index (χ4v) is 5.08. The van der Waals surface area contributed by atoms with Gasteiger partial charge in [-0.1, -0.05) is 29.3 Å². The second-order valence-corrected chi connectivity index (χ2v) is 8.01. The van der Waals surface area contributed by atoms with Crippen molar-refractivity contribution in [2.75, 3.05) is 23.0 Å². The van der Waals surface area contributed by atoms with Crippen molar-refractivity contribution in [1.82, 2.24) is 5.01 Å². The zero-order valence-corrected chi connectivity index (χ0v) is 15.7. The summed E-state index contributed by atoms with van der Waals surface area (Å²) < 4.78 is 0. The lowest BCUT2D eigenvalue weighted by atomic mass is 9.91. The van der Waals surface area contributed by atoms with Gasteiger partial charge in [0.1, 0.15) is 5.66 Å². The maximum absolute atomic E-state index is 13.6. The molecule has 3 aliphatic rings. The van der Waals surface area contributed by atoms with Crippen molar-refractivity contribution < 1.29 is 4.79 Å². The molecular formula is C21H22ClN3O. The van der Waals surface area contributed by atoms with Crippen LogP contribution in [0.1, 0.15) is 41.6 Å². The summed E-state index contributed by atoms with van der Waals surface area (Å²) in [6.45, 7) is 3.93. The van der Waals surface area contributed by atoms with Crippen molar-refractivity contribution in [3.05, 3.63) is 58.6 Å². The van der Waals surface area contributed by atoms with Crippen LogP contribution >= 0.6 is 11.6 Å². The minimum absolute atomic E-state index is 0.0927.